The summed E-state index contributed by atoms with van der Waals surface area (Å²) in [7, 11) is -6.03. The molecule has 0 fully saturated rings. The van der Waals surface area contributed by atoms with E-state index in [4.69, 9.17) is 0 Å². The molecule has 2 aromatic rings. The van der Waals surface area contributed by atoms with Crippen molar-refractivity contribution in [1.82, 2.24) is 0 Å². The Balaban J connectivity index is 2.71. The Bertz CT molecular complexity index is 1130. The fourth-order valence-electron chi connectivity index (χ4n) is 3.75. The van der Waals surface area contributed by atoms with Gasteiger partial charge in [0.1, 0.15) is 0 Å². The van der Waals surface area contributed by atoms with Gasteiger partial charge >= 0.3 is 0 Å². The van der Waals surface area contributed by atoms with Crippen LogP contribution in [0.5, 0.6) is 0 Å². The van der Waals surface area contributed by atoms with E-state index in [0.717, 1.165) is 27.3 Å². The van der Waals surface area contributed by atoms with Crippen molar-refractivity contribution in [2.24, 2.45) is 0 Å². The summed E-state index contributed by atoms with van der Waals surface area (Å²) < 4.78 is 54.5. The molecule has 1 N–H and O–H groups in total. The van der Waals surface area contributed by atoms with E-state index in [9.17, 15) is 16.8 Å². The summed E-state index contributed by atoms with van der Waals surface area (Å²) in [4.78, 5) is 0.1000. The second-order valence-electron chi connectivity index (χ2n) is 7.42. The van der Waals surface area contributed by atoms with Crippen molar-refractivity contribution in [3.05, 3.63) is 51.6 Å². The first-order valence-corrected chi connectivity index (χ1v) is 12.2. The van der Waals surface area contributed by atoms with E-state index < -0.39 is 20.0 Å². The van der Waals surface area contributed by atoms with Gasteiger partial charge in [-0.1, -0.05) is 23.8 Å². The first kappa shape index (κ1) is 22.2. The minimum Gasteiger partial charge on any atom is -0.279 e. The van der Waals surface area contributed by atoms with E-state index in [1.165, 1.54) is 7.05 Å². The zero-order valence-electron chi connectivity index (χ0n) is 17.6. The van der Waals surface area contributed by atoms with Crippen LogP contribution in [0.3, 0.4) is 0 Å². The summed E-state index contributed by atoms with van der Waals surface area (Å²) in [5.41, 5.74) is 5.31. The maximum atomic E-state index is 13.3. The van der Waals surface area contributed by atoms with Crippen LogP contribution in [0.1, 0.15) is 33.4 Å². The van der Waals surface area contributed by atoms with Crippen LogP contribution in [-0.2, 0) is 20.0 Å². The highest BCUT2D eigenvalue weighted by molar-refractivity contribution is 7.93. The summed E-state index contributed by atoms with van der Waals surface area (Å²) in [6.45, 7) is 10.8. The van der Waals surface area contributed by atoms with E-state index in [1.807, 2.05) is 32.9 Å². The molecule has 0 heterocycles. The molecule has 0 aliphatic heterocycles. The minimum absolute atomic E-state index is 0.1000. The monoisotopic (exact) mass is 424 g/mol. The van der Waals surface area contributed by atoms with Crippen LogP contribution < -0.4 is 9.03 Å². The molecule has 8 heteroatoms. The summed E-state index contributed by atoms with van der Waals surface area (Å²) in [5, 5.41) is 0. The van der Waals surface area contributed by atoms with Crippen molar-refractivity contribution in [2.75, 3.05) is 22.3 Å². The van der Waals surface area contributed by atoms with Crippen molar-refractivity contribution in [3.8, 4) is 0 Å². The standard InChI is InChI=1S/C20H28N2O4S2/c1-12-9-13(2)18(14(3)10-12)21-28(25,26)20-16(5)11-15(4)19(17(20)6)22(7)27(8,23)24/h9-11,21H,1-8H3. The van der Waals surface area contributed by atoms with Crippen LogP contribution in [-0.4, -0.2) is 30.1 Å². The molecule has 2 aromatic carbocycles. The third kappa shape index (κ3) is 4.17. The van der Waals surface area contributed by atoms with Gasteiger partial charge in [-0.25, -0.2) is 16.8 Å². The van der Waals surface area contributed by atoms with Gasteiger partial charge in [-0.3, -0.25) is 9.03 Å². The van der Waals surface area contributed by atoms with Crippen molar-refractivity contribution >= 4 is 31.4 Å². The summed E-state index contributed by atoms with van der Waals surface area (Å²) >= 11 is 0. The first-order chi connectivity index (χ1) is 12.7. The lowest BCUT2D eigenvalue weighted by Crippen LogP contribution is -2.28. The lowest BCUT2D eigenvalue weighted by Gasteiger charge is -2.25. The molecular weight excluding hydrogens is 396 g/mol. The minimum atomic E-state index is -3.92. The fourth-order valence-corrected chi connectivity index (χ4v) is 6.04. The number of hydrogen-bond acceptors (Lipinski definition) is 4. The molecule has 0 atom stereocenters. The maximum Gasteiger partial charge on any atom is 0.262 e. The van der Waals surface area contributed by atoms with E-state index >= 15 is 0 Å². The predicted molar refractivity (Wildman–Crippen MR) is 115 cm³/mol. The number of nitrogens with one attached hydrogen (secondary N) is 1. The van der Waals surface area contributed by atoms with E-state index in [0.29, 0.717) is 28.1 Å². The van der Waals surface area contributed by atoms with Crippen LogP contribution in [0.4, 0.5) is 11.4 Å². The first-order valence-electron chi connectivity index (χ1n) is 8.82. The molecule has 0 unspecified atom stereocenters. The van der Waals surface area contributed by atoms with Gasteiger partial charge in [0.25, 0.3) is 10.0 Å². The third-order valence-electron chi connectivity index (χ3n) is 4.86. The molecule has 0 amide bonds. The lowest BCUT2D eigenvalue weighted by molar-refractivity contribution is 0.596. The highest BCUT2D eigenvalue weighted by Crippen LogP contribution is 2.35. The Hall–Kier alpha value is -2.06. The van der Waals surface area contributed by atoms with E-state index in [2.05, 4.69) is 4.72 Å². The van der Waals surface area contributed by atoms with Gasteiger partial charge in [0.05, 0.1) is 22.5 Å². The average molecular weight is 425 g/mol. The predicted octanol–water partition coefficient (Wildman–Crippen LogP) is 3.73. The molecule has 0 spiro atoms. The quantitative estimate of drug-likeness (QED) is 0.793. The van der Waals surface area contributed by atoms with Crippen molar-refractivity contribution in [3.63, 3.8) is 0 Å². The van der Waals surface area contributed by atoms with Gasteiger partial charge in [-0.15, -0.1) is 0 Å². The summed E-state index contributed by atoms with van der Waals surface area (Å²) in [6.07, 6.45) is 1.09. The Morgan fingerprint density at radius 3 is 1.75 bits per heavy atom. The second kappa shape index (κ2) is 7.40. The number of hydrogen-bond donors (Lipinski definition) is 1. The lowest BCUT2D eigenvalue weighted by atomic mass is 10.1. The largest absolute Gasteiger partial charge is 0.279 e. The second-order valence-corrected chi connectivity index (χ2v) is 11.1. The van der Waals surface area contributed by atoms with Crippen LogP contribution in [0, 0.1) is 41.5 Å². The molecule has 0 aliphatic carbocycles. The Labute approximate surface area is 168 Å². The van der Waals surface area contributed by atoms with Crippen LogP contribution in [0.15, 0.2) is 23.1 Å². The normalized spacial score (nSPS) is 12.1. The highest BCUT2D eigenvalue weighted by Gasteiger charge is 2.27. The van der Waals surface area contributed by atoms with Gasteiger partial charge in [0.2, 0.25) is 10.0 Å². The van der Waals surface area contributed by atoms with Crippen molar-refractivity contribution in [1.29, 1.82) is 0 Å². The van der Waals surface area contributed by atoms with Gasteiger partial charge in [-0.05, 0) is 69.4 Å². The Morgan fingerprint density at radius 1 is 0.786 bits per heavy atom. The van der Waals surface area contributed by atoms with Crippen LogP contribution in [0.25, 0.3) is 0 Å². The SMILES string of the molecule is Cc1cc(C)c(NS(=O)(=O)c2c(C)cc(C)c(N(C)S(C)(=O)=O)c2C)c(C)c1. The molecule has 6 nitrogen and oxygen atoms in total. The molecule has 0 aromatic heterocycles. The van der Waals surface area contributed by atoms with Crippen molar-refractivity contribution < 1.29 is 16.8 Å². The van der Waals surface area contributed by atoms with Crippen LogP contribution >= 0.6 is 0 Å². The molecule has 154 valence electrons. The zero-order chi connectivity index (χ0) is 21.6. The highest BCUT2D eigenvalue weighted by atomic mass is 32.2. The Morgan fingerprint density at radius 2 is 1.29 bits per heavy atom. The van der Waals surface area contributed by atoms with Crippen LogP contribution in [0.2, 0.25) is 0 Å². The molecule has 0 radical (unpaired) electrons. The molecule has 2 rings (SSSR count). The summed E-state index contributed by atoms with van der Waals surface area (Å²) in [6, 6.07) is 5.54. The Kier molecular flexibility index (Phi) is 5.88. The van der Waals surface area contributed by atoms with Gasteiger partial charge in [0.15, 0.2) is 0 Å². The smallest absolute Gasteiger partial charge is 0.262 e. The summed E-state index contributed by atoms with van der Waals surface area (Å²) in [5.74, 6) is 0. The molecule has 0 saturated heterocycles. The van der Waals surface area contributed by atoms with E-state index in [1.54, 1.807) is 26.8 Å². The molecule has 0 bridgehead atoms. The van der Waals surface area contributed by atoms with E-state index in [-0.39, 0.29) is 4.90 Å². The number of sulfonamides is 2. The van der Waals surface area contributed by atoms with Crippen molar-refractivity contribution in [2.45, 2.75) is 46.4 Å². The van der Waals surface area contributed by atoms with Gasteiger partial charge in [-0.2, -0.15) is 0 Å². The maximum absolute atomic E-state index is 13.3. The van der Waals surface area contributed by atoms with Gasteiger partial charge in [0, 0.05) is 7.05 Å². The number of rotatable bonds is 5. The number of anilines is 2. The zero-order valence-corrected chi connectivity index (χ0v) is 19.3. The fraction of sp³-hybridized carbons (Fsp3) is 0.400. The number of benzene rings is 2. The average Bonchev–Trinajstić information content (AvgIpc) is 2.49. The number of aryl methyl sites for hydroxylation is 5. The topological polar surface area (TPSA) is 83.6 Å². The molecule has 28 heavy (non-hydrogen) atoms. The van der Waals surface area contributed by atoms with Gasteiger partial charge < -0.3 is 0 Å². The molecule has 0 aliphatic rings. The molecule has 0 saturated carbocycles. The molecular formula is C20H28N2O4S2. The third-order valence-corrected chi connectivity index (χ3v) is 7.67. The number of nitrogens with zero attached hydrogens (tertiary/aromatic N) is 1.